The predicted molar refractivity (Wildman–Crippen MR) is 50.3 cm³/mol. The van der Waals surface area contributed by atoms with E-state index in [-0.39, 0.29) is 6.61 Å². The fraction of sp³-hybridized carbons (Fsp3) is 0.556. The van der Waals surface area contributed by atoms with Crippen LogP contribution in [0.3, 0.4) is 0 Å². The zero-order valence-corrected chi connectivity index (χ0v) is 7.91. The number of rotatable bonds is 3. The lowest BCUT2D eigenvalue weighted by Gasteiger charge is -2.34. The number of carbonyl (C=O) groups is 2. The second kappa shape index (κ2) is 4.23. The van der Waals surface area contributed by atoms with Crippen molar-refractivity contribution in [2.75, 3.05) is 13.2 Å². The van der Waals surface area contributed by atoms with Crippen LogP contribution >= 0.6 is 0 Å². The second-order valence-electron chi connectivity index (χ2n) is 3.30. The zero-order valence-electron chi connectivity index (χ0n) is 7.91. The molecule has 0 saturated carbocycles. The molecular weight excluding hydrogens is 184 g/mol. The third-order valence-corrected chi connectivity index (χ3v) is 2.26. The van der Waals surface area contributed by atoms with Crippen LogP contribution < -0.4 is 11.1 Å². The van der Waals surface area contributed by atoms with Crippen LogP contribution in [0.4, 0.5) is 0 Å². The summed E-state index contributed by atoms with van der Waals surface area (Å²) in [5.74, 6) is -0.971. The fourth-order valence-corrected chi connectivity index (χ4v) is 1.44. The number of hydrogen-bond acceptors (Lipinski definition) is 3. The maximum Gasteiger partial charge on any atom is 0.245 e. The summed E-state index contributed by atoms with van der Waals surface area (Å²) in [6.45, 7) is 4.05. The van der Waals surface area contributed by atoms with Gasteiger partial charge in [0.15, 0.2) is 0 Å². The van der Waals surface area contributed by atoms with Gasteiger partial charge in [-0.05, 0) is 18.9 Å². The van der Waals surface area contributed by atoms with E-state index >= 15 is 0 Å². The number of amides is 2. The summed E-state index contributed by atoms with van der Waals surface area (Å²) in [6, 6.07) is 0. The van der Waals surface area contributed by atoms with Gasteiger partial charge in [0.25, 0.3) is 0 Å². The van der Waals surface area contributed by atoms with E-state index in [0.717, 1.165) is 6.08 Å². The van der Waals surface area contributed by atoms with Crippen molar-refractivity contribution < 1.29 is 14.3 Å². The van der Waals surface area contributed by atoms with E-state index in [0.29, 0.717) is 19.4 Å². The summed E-state index contributed by atoms with van der Waals surface area (Å²) in [5.41, 5.74) is 4.19. The van der Waals surface area contributed by atoms with Crippen LogP contribution in [-0.2, 0) is 14.3 Å². The molecule has 5 nitrogen and oxygen atoms in total. The molecule has 2 amide bonds. The van der Waals surface area contributed by atoms with E-state index < -0.39 is 17.4 Å². The number of carbonyl (C=O) groups excluding carboxylic acids is 2. The summed E-state index contributed by atoms with van der Waals surface area (Å²) >= 11 is 0. The van der Waals surface area contributed by atoms with Gasteiger partial charge in [0.2, 0.25) is 11.8 Å². The SMILES string of the molecule is C=CC(=O)NC1(C(N)=O)CCCOC1. The first-order chi connectivity index (χ1) is 6.60. The Morgan fingerprint density at radius 3 is 2.71 bits per heavy atom. The molecule has 14 heavy (non-hydrogen) atoms. The maximum absolute atomic E-state index is 11.2. The van der Waals surface area contributed by atoms with Crippen molar-refractivity contribution in [3.63, 3.8) is 0 Å². The van der Waals surface area contributed by atoms with Crippen molar-refractivity contribution in [1.82, 2.24) is 5.32 Å². The van der Waals surface area contributed by atoms with E-state index in [4.69, 9.17) is 10.5 Å². The van der Waals surface area contributed by atoms with Gasteiger partial charge in [-0.15, -0.1) is 0 Å². The van der Waals surface area contributed by atoms with E-state index in [1.54, 1.807) is 0 Å². The third kappa shape index (κ3) is 2.11. The molecule has 0 bridgehead atoms. The topological polar surface area (TPSA) is 81.4 Å². The number of nitrogens with one attached hydrogen (secondary N) is 1. The van der Waals surface area contributed by atoms with Gasteiger partial charge in [0, 0.05) is 6.61 Å². The molecule has 1 unspecified atom stereocenters. The highest BCUT2D eigenvalue weighted by atomic mass is 16.5. The fourth-order valence-electron chi connectivity index (χ4n) is 1.44. The molecule has 0 aliphatic carbocycles. The first-order valence-electron chi connectivity index (χ1n) is 4.43. The van der Waals surface area contributed by atoms with Crippen LogP contribution in [-0.4, -0.2) is 30.6 Å². The molecule has 0 aromatic rings. The predicted octanol–water partition coefficient (Wildman–Crippen LogP) is -0.677. The molecule has 1 fully saturated rings. The lowest BCUT2D eigenvalue weighted by Crippen LogP contribution is -2.61. The summed E-state index contributed by atoms with van der Waals surface area (Å²) in [4.78, 5) is 22.3. The highest BCUT2D eigenvalue weighted by molar-refractivity contribution is 5.94. The van der Waals surface area contributed by atoms with E-state index in [9.17, 15) is 9.59 Å². The van der Waals surface area contributed by atoms with Crippen molar-refractivity contribution in [1.29, 1.82) is 0 Å². The van der Waals surface area contributed by atoms with E-state index in [1.807, 2.05) is 0 Å². The lowest BCUT2D eigenvalue weighted by atomic mass is 9.91. The van der Waals surface area contributed by atoms with Crippen molar-refractivity contribution in [3.05, 3.63) is 12.7 Å². The monoisotopic (exact) mass is 198 g/mol. The number of nitrogens with two attached hydrogens (primary N) is 1. The van der Waals surface area contributed by atoms with Crippen LogP contribution in [0.5, 0.6) is 0 Å². The Kier molecular flexibility index (Phi) is 3.24. The molecule has 0 spiro atoms. The quantitative estimate of drug-likeness (QED) is 0.590. The Hall–Kier alpha value is -1.36. The molecule has 3 N–H and O–H groups in total. The first kappa shape index (κ1) is 10.7. The van der Waals surface area contributed by atoms with Crippen LogP contribution in [0.25, 0.3) is 0 Å². The normalized spacial score (nSPS) is 26.6. The Balaban J connectivity index is 2.75. The zero-order chi connectivity index (χ0) is 10.6. The van der Waals surface area contributed by atoms with Crippen molar-refractivity contribution >= 4 is 11.8 Å². The van der Waals surface area contributed by atoms with Gasteiger partial charge in [0.1, 0.15) is 5.54 Å². The van der Waals surface area contributed by atoms with Gasteiger partial charge < -0.3 is 15.8 Å². The van der Waals surface area contributed by atoms with E-state index in [1.165, 1.54) is 0 Å². The summed E-state index contributed by atoms with van der Waals surface area (Å²) < 4.78 is 5.14. The highest BCUT2D eigenvalue weighted by Crippen LogP contribution is 2.18. The molecule has 0 aromatic heterocycles. The molecule has 1 rings (SSSR count). The number of ether oxygens (including phenoxy) is 1. The molecule has 0 radical (unpaired) electrons. The standard InChI is InChI=1S/C9H14N2O3/c1-2-7(12)11-9(8(10)13)4-3-5-14-6-9/h2H,1,3-6H2,(H2,10,13)(H,11,12). The molecule has 0 aromatic carbocycles. The van der Waals surface area contributed by atoms with Crippen LogP contribution in [0.1, 0.15) is 12.8 Å². The molecule has 78 valence electrons. The minimum Gasteiger partial charge on any atom is -0.378 e. The Labute approximate surface area is 82.3 Å². The van der Waals surface area contributed by atoms with Gasteiger partial charge in [-0.25, -0.2) is 0 Å². The molecule has 5 heteroatoms. The average Bonchev–Trinajstić information content (AvgIpc) is 2.19. The van der Waals surface area contributed by atoms with E-state index in [2.05, 4.69) is 11.9 Å². The Morgan fingerprint density at radius 2 is 2.29 bits per heavy atom. The van der Waals surface area contributed by atoms with Crippen molar-refractivity contribution in [3.8, 4) is 0 Å². The molecule has 1 heterocycles. The minimum atomic E-state index is -1.05. The maximum atomic E-state index is 11.2. The van der Waals surface area contributed by atoms with Gasteiger partial charge >= 0.3 is 0 Å². The Morgan fingerprint density at radius 1 is 1.57 bits per heavy atom. The largest absolute Gasteiger partial charge is 0.378 e. The summed E-state index contributed by atoms with van der Waals surface area (Å²) in [7, 11) is 0. The first-order valence-corrected chi connectivity index (χ1v) is 4.43. The van der Waals surface area contributed by atoms with Crippen LogP contribution in [0.2, 0.25) is 0 Å². The molecular formula is C9H14N2O3. The van der Waals surface area contributed by atoms with Gasteiger partial charge in [-0.3, -0.25) is 9.59 Å². The molecule has 1 atom stereocenters. The Bertz CT molecular complexity index is 257. The van der Waals surface area contributed by atoms with Crippen LogP contribution in [0, 0.1) is 0 Å². The molecule has 1 aliphatic heterocycles. The number of hydrogen-bond donors (Lipinski definition) is 2. The molecule has 1 saturated heterocycles. The van der Waals surface area contributed by atoms with Gasteiger partial charge in [-0.1, -0.05) is 6.58 Å². The van der Waals surface area contributed by atoms with Crippen molar-refractivity contribution in [2.45, 2.75) is 18.4 Å². The van der Waals surface area contributed by atoms with Crippen molar-refractivity contribution in [2.24, 2.45) is 5.73 Å². The van der Waals surface area contributed by atoms with Crippen LogP contribution in [0.15, 0.2) is 12.7 Å². The smallest absolute Gasteiger partial charge is 0.245 e. The lowest BCUT2D eigenvalue weighted by molar-refractivity contribution is -0.135. The summed E-state index contributed by atoms with van der Waals surface area (Å²) in [6.07, 6.45) is 2.33. The average molecular weight is 198 g/mol. The van der Waals surface area contributed by atoms with Gasteiger partial charge in [-0.2, -0.15) is 0 Å². The minimum absolute atomic E-state index is 0.141. The highest BCUT2D eigenvalue weighted by Gasteiger charge is 2.39. The summed E-state index contributed by atoms with van der Waals surface area (Å²) in [5, 5.41) is 2.52. The number of primary amides is 1. The molecule has 1 aliphatic rings. The van der Waals surface area contributed by atoms with Gasteiger partial charge in [0.05, 0.1) is 6.61 Å². The third-order valence-electron chi connectivity index (χ3n) is 2.26. The second-order valence-corrected chi connectivity index (χ2v) is 3.30.